The quantitative estimate of drug-likeness (QED) is 0.546. The maximum Gasteiger partial charge on any atom is 0.333 e. The first-order valence-electron chi connectivity index (χ1n) is 7.34. The van der Waals surface area contributed by atoms with Crippen molar-refractivity contribution < 1.29 is 9.53 Å². The minimum absolute atomic E-state index is 0.372. The zero-order valence-corrected chi connectivity index (χ0v) is 13.1. The predicted molar refractivity (Wildman–Crippen MR) is 88.2 cm³/mol. The van der Waals surface area contributed by atoms with E-state index in [1.165, 1.54) is 0 Å². The first kappa shape index (κ1) is 15.0. The number of rotatable bonds is 4. The molecular weight excluding hydrogens is 290 g/mol. The zero-order chi connectivity index (χ0) is 16.4. The molecule has 3 aromatic rings. The van der Waals surface area contributed by atoms with Crippen molar-refractivity contribution in [3.63, 3.8) is 0 Å². The summed E-state index contributed by atoms with van der Waals surface area (Å²) >= 11 is 0. The van der Waals surface area contributed by atoms with Crippen LogP contribution in [0.2, 0.25) is 0 Å². The lowest BCUT2D eigenvalue weighted by Crippen LogP contribution is -2.12. The van der Waals surface area contributed by atoms with E-state index in [1.54, 1.807) is 11.7 Å². The van der Waals surface area contributed by atoms with E-state index in [9.17, 15) is 4.79 Å². The van der Waals surface area contributed by atoms with E-state index in [0.29, 0.717) is 5.57 Å². The second-order valence-electron chi connectivity index (χ2n) is 5.36. The Morgan fingerprint density at radius 2 is 1.65 bits per heavy atom. The Bertz CT molecular complexity index is 850. The van der Waals surface area contributed by atoms with Gasteiger partial charge in [-0.1, -0.05) is 36.9 Å². The number of esters is 1. The van der Waals surface area contributed by atoms with Crippen molar-refractivity contribution >= 4 is 17.0 Å². The van der Waals surface area contributed by atoms with Gasteiger partial charge in [0.25, 0.3) is 0 Å². The van der Waals surface area contributed by atoms with Crippen LogP contribution in [-0.2, 0) is 9.53 Å². The Morgan fingerprint density at radius 1 is 1.09 bits per heavy atom. The highest BCUT2D eigenvalue weighted by molar-refractivity contribution is 5.87. The van der Waals surface area contributed by atoms with Gasteiger partial charge >= 0.3 is 5.97 Å². The summed E-state index contributed by atoms with van der Waals surface area (Å²) in [6.45, 7) is 7.06. The maximum absolute atomic E-state index is 11.8. The monoisotopic (exact) mass is 307 g/mol. The molecule has 0 amide bonds. The Labute approximate surface area is 134 Å². The average Bonchev–Trinajstić information content (AvgIpc) is 2.98. The Hall–Kier alpha value is -2.95. The van der Waals surface area contributed by atoms with Crippen LogP contribution in [0.1, 0.15) is 25.5 Å². The van der Waals surface area contributed by atoms with Crippen LogP contribution in [0.3, 0.4) is 0 Å². The topological polar surface area (TPSA) is 57.0 Å². The first-order chi connectivity index (χ1) is 11.1. The van der Waals surface area contributed by atoms with Crippen LogP contribution >= 0.6 is 0 Å². The van der Waals surface area contributed by atoms with Crippen LogP contribution in [0.15, 0.2) is 60.7 Å². The lowest BCUT2D eigenvalue weighted by molar-refractivity contribution is -0.143. The Kier molecular flexibility index (Phi) is 3.93. The Morgan fingerprint density at radius 3 is 2.26 bits per heavy atom. The molecule has 0 aliphatic rings. The van der Waals surface area contributed by atoms with Gasteiger partial charge in [-0.3, -0.25) is 0 Å². The molecular formula is C18H17N3O2. The van der Waals surface area contributed by atoms with Gasteiger partial charge in [0.05, 0.1) is 5.69 Å². The molecule has 0 radical (unpaired) electrons. The number of hydrogen-bond donors (Lipinski definition) is 0. The number of para-hydroxylation sites is 1. The lowest BCUT2D eigenvalue weighted by atomic mass is 10.1. The third-order valence-corrected chi connectivity index (χ3v) is 3.51. The number of aromatic nitrogens is 3. The van der Waals surface area contributed by atoms with Gasteiger partial charge in [-0.15, -0.1) is 15.0 Å². The van der Waals surface area contributed by atoms with Crippen LogP contribution in [0.4, 0.5) is 0 Å². The largest absolute Gasteiger partial charge is 0.454 e. The molecule has 0 spiro atoms. The Balaban J connectivity index is 2.00. The highest BCUT2D eigenvalue weighted by Gasteiger charge is 2.17. The van der Waals surface area contributed by atoms with Crippen LogP contribution in [-0.4, -0.2) is 21.0 Å². The molecule has 0 saturated heterocycles. The van der Waals surface area contributed by atoms with Crippen molar-refractivity contribution in [1.29, 1.82) is 0 Å². The van der Waals surface area contributed by atoms with Crippen LogP contribution in [0.5, 0.6) is 0 Å². The molecule has 3 rings (SSSR count). The van der Waals surface area contributed by atoms with E-state index >= 15 is 0 Å². The summed E-state index contributed by atoms with van der Waals surface area (Å²) in [4.78, 5) is 13.3. The van der Waals surface area contributed by atoms with E-state index in [2.05, 4.69) is 16.8 Å². The van der Waals surface area contributed by atoms with Crippen LogP contribution < -0.4 is 0 Å². The van der Waals surface area contributed by atoms with Gasteiger partial charge in [-0.2, -0.15) is 0 Å². The predicted octanol–water partition coefficient (Wildman–Crippen LogP) is 3.60. The molecule has 0 N–H and O–H groups in total. The summed E-state index contributed by atoms with van der Waals surface area (Å²) in [5.41, 5.74) is 3.62. The minimum Gasteiger partial charge on any atom is -0.454 e. The van der Waals surface area contributed by atoms with Crippen molar-refractivity contribution in [2.24, 2.45) is 0 Å². The molecule has 0 saturated carbocycles. The van der Waals surface area contributed by atoms with E-state index in [1.807, 2.05) is 55.5 Å². The lowest BCUT2D eigenvalue weighted by Gasteiger charge is -2.16. The van der Waals surface area contributed by atoms with Crippen LogP contribution in [0.25, 0.3) is 16.7 Å². The molecule has 0 aliphatic carbocycles. The fraction of sp³-hybridized carbons (Fsp3) is 0.167. The van der Waals surface area contributed by atoms with Crippen molar-refractivity contribution in [3.05, 3.63) is 66.2 Å². The molecule has 0 aliphatic heterocycles. The van der Waals surface area contributed by atoms with Gasteiger partial charge in [0, 0.05) is 11.1 Å². The minimum atomic E-state index is -0.426. The highest BCUT2D eigenvalue weighted by atomic mass is 16.5. The van der Waals surface area contributed by atoms with Gasteiger partial charge in [-0.25, -0.2) is 4.79 Å². The molecule has 5 heteroatoms. The third-order valence-electron chi connectivity index (χ3n) is 3.51. The number of ether oxygens (including phenoxy) is 1. The molecule has 1 unspecified atom stereocenters. The van der Waals surface area contributed by atoms with E-state index < -0.39 is 12.1 Å². The van der Waals surface area contributed by atoms with E-state index in [0.717, 1.165) is 22.3 Å². The number of carbonyl (C=O) groups excluding carboxylic acids is 1. The number of benzene rings is 2. The van der Waals surface area contributed by atoms with Crippen molar-refractivity contribution in [2.45, 2.75) is 20.0 Å². The molecule has 1 atom stereocenters. The normalized spacial score (nSPS) is 12.1. The molecule has 0 bridgehead atoms. The standard InChI is InChI=1S/C18H17N3O2/c1-12(2)18(22)23-13(3)14-8-4-7-11-17(14)21-19-15-9-5-6-10-16(15)20-21/h4-11,13H,1H2,2-3H3. The second kappa shape index (κ2) is 6.04. The summed E-state index contributed by atoms with van der Waals surface area (Å²) in [5.74, 6) is -0.411. The van der Waals surface area contributed by atoms with Gasteiger partial charge in [0.15, 0.2) is 0 Å². The first-order valence-corrected chi connectivity index (χ1v) is 7.34. The number of carbonyl (C=O) groups is 1. The maximum atomic E-state index is 11.8. The van der Waals surface area contributed by atoms with Crippen LogP contribution in [0, 0.1) is 0 Å². The number of fused-ring (bicyclic) bond motifs is 1. The summed E-state index contributed by atoms with van der Waals surface area (Å²) < 4.78 is 5.43. The SMILES string of the molecule is C=C(C)C(=O)OC(C)c1ccccc1-n1nc2ccccc2n1. The zero-order valence-electron chi connectivity index (χ0n) is 13.1. The third kappa shape index (κ3) is 2.99. The molecule has 5 nitrogen and oxygen atoms in total. The molecule has 0 fully saturated rings. The molecule has 1 heterocycles. The van der Waals surface area contributed by atoms with E-state index in [4.69, 9.17) is 4.74 Å². The molecule has 116 valence electrons. The molecule has 2 aromatic carbocycles. The molecule has 1 aromatic heterocycles. The molecule has 23 heavy (non-hydrogen) atoms. The van der Waals surface area contributed by atoms with Gasteiger partial charge < -0.3 is 4.74 Å². The summed E-state index contributed by atoms with van der Waals surface area (Å²) in [6.07, 6.45) is -0.426. The smallest absolute Gasteiger partial charge is 0.333 e. The van der Waals surface area contributed by atoms with Gasteiger partial charge in [0.1, 0.15) is 17.1 Å². The second-order valence-corrected chi connectivity index (χ2v) is 5.36. The van der Waals surface area contributed by atoms with E-state index in [-0.39, 0.29) is 0 Å². The number of nitrogens with zero attached hydrogens (tertiary/aromatic N) is 3. The van der Waals surface area contributed by atoms with Gasteiger partial charge in [0.2, 0.25) is 0 Å². The van der Waals surface area contributed by atoms with Crippen molar-refractivity contribution in [3.8, 4) is 5.69 Å². The van der Waals surface area contributed by atoms with Crippen molar-refractivity contribution in [2.75, 3.05) is 0 Å². The summed E-state index contributed by atoms with van der Waals surface area (Å²) in [5, 5.41) is 8.98. The fourth-order valence-corrected chi connectivity index (χ4v) is 2.31. The van der Waals surface area contributed by atoms with Gasteiger partial charge in [-0.05, 0) is 32.0 Å². The highest BCUT2D eigenvalue weighted by Crippen LogP contribution is 2.25. The average molecular weight is 307 g/mol. The summed E-state index contributed by atoms with van der Waals surface area (Å²) in [7, 11) is 0. The number of hydrogen-bond acceptors (Lipinski definition) is 4. The summed E-state index contributed by atoms with van der Waals surface area (Å²) in [6, 6.07) is 15.3. The van der Waals surface area contributed by atoms with Crippen molar-refractivity contribution in [1.82, 2.24) is 15.0 Å². The fourth-order valence-electron chi connectivity index (χ4n) is 2.31.